The minimum absolute atomic E-state index is 0.0764. The highest BCUT2D eigenvalue weighted by Gasteiger charge is 2.21. The maximum atomic E-state index is 10.8. The van der Waals surface area contributed by atoms with Crippen molar-refractivity contribution in [1.29, 1.82) is 0 Å². The average molecular weight is 229 g/mol. The Morgan fingerprint density at radius 3 is 2.17 bits per heavy atom. The van der Waals surface area contributed by atoms with Gasteiger partial charge in [-0.3, -0.25) is 4.68 Å². The van der Waals surface area contributed by atoms with Gasteiger partial charge in [0, 0.05) is 17.7 Å². The van der Waals surface area contributed by atoms with E-state index >= 15 is 0 Å². The van der Waals surface area contributed by atoms with E-state index in [9.17, 15) is 8.42 Å². The normalized spacial score (nSPS) is 12.0. The summed E-state index contributed by atoms with van der Waals surface area (Å²) in [4.78, 5) is 0. The molecule has 0 bridgehead atoms. The molecule has 4 nitrogen and oxygen atoms in total. The third-order valence-corrected chi connectivity index (χ3v) is 3.21. The minimum Gasteiger partial charge on any atom is -0.270 e. The molecular formula is C5H6Cl2N2O2S. The number of aryl methyl sites for hydroxylation is 1. The molecule has 0 unspecified atom stereocenters. The van der Waals surface area contributed by atoms with E-state index in [1.54, 1.807) is 14.0 Å². The molecule has 0 spiro atoms. The van der Waals surface area contributed by atoms with Gasteiger partial charge in [0.05, 0.1) is 5.69 Å². The molecule has 0 fully saturated rings. The summed E-state index contributed by atoms with van der Waals surface area (Å²) in [5, 5.41) is 3.44. The van der Waals surface area contributed by atoms with Crippen LogP contribution in [-0.4, -0.2) is 18.2 Å². The molecule has 0 aliphatic heterocycles. The Labute approximate surface area is 79.5 Å². The van der Waals surface area contributed by atoms with Gasteiger partial charge in [0.1, 0.15) is 5.02 Å². The lowest BCUT2D eigenvalue weighted by Gasteiger charge is -1.89. The van der Waals surface area contributed by atoms with E-state index in [1.165, 1.54) is 4.68 Å². The van der Waals surface area contributed by atoms with Crippen LogP contribution in [0.1, 0.15) is 5.69 Å². The molecule has 0 saturated carbocycles. The number of halogens is 2. The van der Waals surface area contributed by atoms with Crippen molar-refractivity contribution in [2.45, 2.75) is 11.9 Å². The highest BCUT2D eigenvalue weighted by Crippen LogP contribution is 2.25. The zero-order valence-corrected chi connectivity index (χ0v) is 8.70. The van der Waals surface area contributed by atoms with Crippen LogP contribution in [0, 0.1) is 6.92 Å². The topological polar surface area (TPSA) is 52.0 Å². The second kappa shape index (κ2) is 2.90. The lowest BCUT2D eigenvalue weighted by atomic mass is 10.5. The molecule has 68 valence electrons. The van der Waals surface area contributed by atoms with Crippen LogP contribution < -0.4 is 0 Å². The fourth-order valence-electron chi connectivity index (χ4n) is 0.708. The maximum absolute atomic E-state index is 10.8. The van der Waals surface area contributed by atoms with Gasteiger partial charge in [-0.1, -0.05) is 11.6 Å². The first-order valence-electron chi connectivity index (χ1n) is 2.98. The van der Waals surface area contributed by atoms with Crippen molar-refractivity contribution in [3.63, 3.8) is 0 Å². The molecule has 0 saturated heterocycles. The van der Waals surface area contributed by atoms with Crippen LogP contribution in [-0.2, 0) is 16.1 Å². The zero-order chi connectivity index (χ0) is 9.52. The molecule has 0 aliphatic carbocycles. The summed E-state index contributed by atoms with van der Waals surface area (Å²) < 4.78 is 23.0. The summed E-state index contributed by atoms with van der Waals surface area (Å²) in [5.41, 5.74) is 0.566. The molecule has 1 aromatic rings. The van der Waals surface area contributed by atoms with Crippen molar-refractivity contribution in [1.82, 2.24) is 9.78 Å². The lowest BCUT2D eigenvalue weighted by molar-refractivity contribution is 0.601. The summed E-state index contributed by atoms with van der Waals surface area (Å²) in [6, 6.07) is 0. The Balaban J connectivity index is 3.48. The van der Waals surface area contributed by atoms with Gasteiger partial charge < -0.3 is 0 Å². The van der Waals surface area contributed by atoms with Crippen LogP contribution in [0.25, 0.3) is 0 Å². The summed E-state index contributed by atoms with van der Waals surface area (Å²) in [6.07, 6.45) is 0. The second-order valence-corrected chi connectivity index (χ2v) is 5.13. The number of nitrogens with zero attached hydrogens (tertiary/aromatic N) is 2. The van der Waals surface area contributed by atoms with Crippen molar-refractivity contribution in [3.8, 4) is 0 Å². The molecule has 7 heteroatoms. The van der Waals surface area contributed by atoms with Gasteiger partial charge in [-0.15, -0.1) is 0 Å². The first-order chi connectivity index (χ1) is 5.34. The van der Waals surface area contributed by atoms with Gasteiger partial charge in [-0.2, -0.15) is 5.10 Å². The average Bonchev–Trinajstić information content (AvgIpc) is 2.15. The molecule has 0 amide bonds. The van der Waals surface area contributed by atoms with Gasteiger partial charge in [0.2, 0.25) is 5.03 Å². The number of aromatic nitrogens is 2. The quantitative estimate of drug-likeness (QED) is 0.682. The van der Waals surface area contributed by atoms with Crippen molar-refractivity contribution in [2.24, 2.45) is 7.05 Å². The summed E-state index contributed by atoms with van der Waals surface area (Å²) in [6.45, 7) is 1.65. The smallest absolute Gasteiger partial charge is 0.270 e. The molecular weight excluding hydrogens is 223 g/mol. The van der Waals surface area contributed by atoms with Gasteiger partial charge in [-0.05, 0) is 6.92 Å². The predicted octanol–water partition coefficient (Wildman–Crippen LogP) is 1.31. The maximum Gasteiger partial charge on any atom is 0.282 e. The Hall–Kier alpha value is -0.260. The predicted molar refractivity (Wildman–Crippen MR) is 46.0 cm³/mol. The first kappa shape index (κ1) is 9.83. The van der Waals surface area contributed by atoms with Crippen molar-refractivity contribution in [3.05, 3.63) is 10.7 Å². The van der Waals surface area contributed by atoms with Gasteiger partial charge >= 0.3 is 0 Å². The van der Waals surface area contributed by atoms with Gasteiger partial charge in [-0.25, -0.2) is 8.42 Å². The van der Waals surface area contributed by atoms with Crippen LogP contribution in [0.2, 0.25) is 5.02 Å². The molecule has 0 aromatic carbocycles. The highest BCUT2D eigenvalue weighted by atomic mass is 35.7. The lowest BCUT2D eigenvalue weighted by Crippen LogP contribution is -1.95. The summed E-state index contributed by atoms with van der Waals surface area (Å²) >= 11 is 5.65. The van der Waals surface area contributed by atoms with Crippen LogP contribution in [0.15, 0.2) is 5.03 Å². The largest absolute Gasteiger partial charge is 0.282 e. The SMILES string of the molecule is Cc1c(Cl)c(S(=O)(=O)Cl)nn1C. The fraction of sp³-hybridized carbons (Fsp3) is 0.400. The van der Waals surface area contributed by atoms with Gasteiger partial charge in [0.25, 0.3) is 9.05 Å². The summed E-state index contributed by atoms with van der Waals surface area (Å²) in [7, 11) is 2.82. The molecule has 1 rings (SSSR count). The first-order valence-corrected chi connectivity index (χ1v) is 5.66. The summed E-state index contributed by atoms with van der Waals surface area (Å²) in [5.74, 6) is 0. The third-order valence-electron chi connectivity index (χ3n) is 1.46. The molecule has 0 atom stereocenters. The van der Waals surface area contributed by atoms with Crippen molar-refractivity contribution >= 4 is 31.3 Å². The third kappa shape index (κ3) is 1.57. The number of hydrogen-bond donors (Lipinski definition) is 0. The van der Waals surface area contributed by atoms with Crippen LogP contribution in [0.4, 0.5) is 0 Å². The van der Waals surface area contributed by atoms with Gasteiger partial charge in [0.15, 0.2) is 0 Å². The Morgan fingerprint density at radius 1 is 1.50 bits per heavy atom. The van der Waals surface area contributed by atoms with E-state index in [-0.39, 0.29) is 10.0 Å². The molecule has 1 heterocycles. The van der Waals surface area contributed by atoms with E-state index < -0.39 is 9.05 Å². The van der Waals surface area contributed by atoms with Crippen LogP contribution >= 0.6 is 22.3 Å². The standard InChI is InChI=1S/C5H6Cl2N2O2S/c1-3-4(6)5(8-9(3)2)12(7,10)11/h1-2H3. The number of rotatable bonds is 1. The zero-order valence-electron chi connectivity index (χ0n) is 6.38. The Kier molecular flexibility index (Phi) is 2.38. The van der Waals surface area contributed by atoms with E-state index in [0.717, 1.165) is 0 Å². The number of hydrogen-bond acceptors (Lipinski definition) is 3. The molecule has 0 N–H and O–H groups in total. The van der Waals surface area contributed by atoms with Crippen LogP contribution in [0.5, 0.6) is 0 Å². The van der Waals surface area contributed by atoms with E-state index in [0.29, 0.717) is 5.69 Å². The van der Waals surface area contributed by atoms with Crippen molar-refractivity contribution < 1.29 is 8.42 Å². The van der Waals surface area contributed by atoms with E-state index in [2.05, 4.69) is 5.10 Å². The van der Waals surface area contributed by atoms with E-state index in [4.69, 9.17) is 22.3 Å². The molecule has 12 heavy (non-hydrogen) atoms. The molecule has 0 radical (unpaired) electrons. The molecule has 0 aliphatic rings. The van der Waals surface area contributed by atoms with E-state index in [1.807, 2.05) is 0 Å². The Bertz CT molecular complexity index is 409. The Morgan fingerprint density at radius 2 is 2.00 bits per heavy atom. The second-order valence-electron chi connectivity index (χ2n) is 2.27. The van der Waals surface area contributed by atoms with Crippen LogP contribution in [0.3, 0.4) is 0 Å². The van der Waals surface area contributed by atoms with Crippen molar-refractivity contribution in [2.75, 3.05) is 0 Å². The molecule has 1 aromatic heterocycles. The highest BCUT2D eigenvalue weighted by molar-refractivity contribution is 8.13. The minimum atomic E-state index is -3.83. The fourth-order valence-corrected chi connectivity index (χ4v) is 2.20. The monoisotopic (exact) mass is 228 g/mol.